The molecule has 4 nitrogen and oxygen atoms in total. The van der Waals surface area contributed by atoms with Crippen LogP contribution in [-0.2, 0) is 4.79 Å². The van der Waals surface area contributed by atoms with Crippen molar-refractivity contribution >= 4 is 18.3 Å². The average Bonchev–Trinajstić information content (AvgIpc) is 2.42. The first-order valence-electron chi connectivity index (χ1n) is 4.14. The lowest BCUT2D eigenvalue weighted by Crippen LogP contribution is -2.42. The Bertz CT molecular complexity index is 203. The van der Waals surface area contributed by atoms with E-state index in [1.807, 2.05) is 0 Å². The van der Waals surface area contributed by atoms with Crippen LogP contribution in [0.15, 0.2) is 0 Å². The number of hydrogen-bond acceptors (Lipinski definition) is 3. The molecule has 1 aliphatic heterocycles. The molecule has 1 heterocycles. The number of carbonyl (C=O) groups excluding carboxylic acids is 1. The molecule has 1 unspecified atom stereocenters. The maximum Gasteiger partial charge on any atom is 0.262 e. The Kier molecular flexibility index (Phi) is 5.25. The Labute approximate surface area is 87.0 Å². The Morgan fingerprint density at radius 1 is 1.64 bits per heavy atom. The molecular weight excluding hydrogens is 216 g/mol. The summed E-state index contributed by atoms with van der Waals surface area (Å²) in [7, 11) is 0. The smallest absolute Gasteiger partial charge is 0.262 e. The number of rotatable bonds is 3. The summed E-state index contributed by atoms with van der Waals surface area (Å²) in [5.41, 5.74) is 5.15. The lowest BCUT2D eigenvalue weighted by Gasteiger charge is -2.09. The average molecular weight is 230 g/mol. The van der Waals surface area contributed by atoms with Crippen LogP contribution in [0.3, 0.4) is 0 Å². The molecule has 0 aromatic heterocycles. The van der Waals surface area contributed by atoms with Gasteiger partial charge in [0.1, 0.15) is 0 Å². The van der Waals surface area contributed by atoms with E-state index in [-0.39, 0.29) is 12.4 Å². The van der Waals surface area contributed by atoms with Crippen LogP contribution in [0.5, 0.6) is 0 Å². The van der Waals surface area contributed by atoms with Gasteiger partial charge in [-0.2, -0.15) is 0 Å². The second-order valence-electron chi connectivity index (χ2n) is 3.07. The molecule has 0 radical (unpaired) electrons. The molecule has 84 valence electrons. The van der Waals surface area contributed by atoms with Crippen LogP contribution >= 0.6 is 12.4 Å². The predicted octanol–water partition coefficient (Wildman–Crippen LogP) is -0.520. The fraction of sp³-hybridized carbons (Fsp3) is 0.857. The van der Waals surface area contributed by atoms with Gasteiger partial charge in [-0.05, 0) is 0 Å². The van der Waals surface area contributed by atoms with E-state index in [4.69, 9.17) is 5.73 Å². The van der Waals surface area contributed by atoms with Crippen molar-refractivity contribution in [2.75, 3.05) is 19.6 Å². The van der Waals surface area contributed by atoms with Crippen molar-refractivity contribution in [1.29, 1.82) is 0 Å². The molecule has 7 heteroatoms. The van der Waals surface area contributed by atoms with Gasteiger partial charge in [0.05, 0.1) is 12.6 Å². The normalized spacial score (nSPS) is 24.1. The van der Waals surface area contributed by atoms with Crippen LogP contribution in [0.4, 0.5) is 8.78 Å². The minimum Gasteiger partial charge on any atom is -0.353 e. The van der Waals surface area contributed by atoms with Gasteiger partial charge in [-0.1, -0.05) is 0 Å². The lowest BCUT2D eigenvalue weighted by atomic mass is 10.2. The van der Waals surface area contributed by atoms with E-state index < -0.39 is 30.8 Å². The SMILES string of the molecule is Cl.NCCNC(=O)C1CC(F)(F)CN1. The topological polar surface area (TPSA) is 67.1 Å². The third-order valence-corrected chi connectivity index (χ3v) is 1.87. The van der Waals surface area contributed by atoms with Crippen molar-refractivity contribution in [3.05, 3.63) is 0 Å². The zero-order chi connectivity index (χ0) is 9.90. The number of alkyl halides is 2. The van der Waals surface area contributed by atoms with Gasteiger partial charge in [-0.3, -0.25) is 10.1 Å². The highest BCUT2D eigenvalue weighted by Crippen LogP contribution is 2.24. The fourth-order valence-corrected chi connectivity index (χ4v) is 1.22. The molecule has 1 amide bonds. The van der Waals surface area contributed by atoms with Gasteiger partial charge < -0.3 is 11.1 Å². The summed E-state index contributed by atoms with van der Waals surface area (Å²) in [6, 6.07) is -0.776. The highest BCUT2D eigenvalue weighted by molar-refractivity contribution is 5.85. The number of hydrogen-bond donors (Lipinski definition) is 3. The highest BCUT2D eigenvalue weighted by atomic mass is 35.5. The molecule has 4 N–H and O–H groups in total. The van der Waals surface area contributed by atoms with E-state index in [1.54, 1.807) is 0 Å². The first-order valence-corrected chi connectivity index (χ1v) is 4.14. The van der Waals surface area contributed by atoms with Crippen LogP contribution in [-0.4, -0.2) is 37.5 Å². The monoisotopic (exact) mass is 229 g/mol. The summed E-state index contributed by atoms with van der Waals surface area (Å²) in [6.45, 7) is 0.213. The lowest BCUT2D eigenvalue weighted by molar-refractivity contribution is -0.123. The first kappa shape index (κ1) is 13.5. The minimum absolute atomic E-state index is 0. The van der Waals surface area contributed by atoms with E-state index in [1.165, 1.54) is 0 Å². The summed E-state index contributed by atoms with van der Waals surface area (Å²) < 4.78 is 25.2. The quantitative estimate of drug-likeness (QED) is 0.610. The van der Waals surface area contributed by atoms with Crippen LogP contribution in [0.25, 0.3) is 0 Å². The van der Waals surface area contributed by atoms with Crippen molar-refractivity contribution in [2.45, 2.75) is 18.4 Å². The van der Waals surface area contributed by atoms with Gasteiger partial charge in [0.25, 0.3) is 5.92 Å². The van der Waals surface area contributed by atoms with Crippen LogP contribution < -0.4 is 16.4 Å². The molecule has 0 saturated carbocycles. The number of carbonyl (C=O) groups is 1. The highest BCUT2D eigenvalue weighted by Gasteiger charge is 2.42. The van der Waals surface area contributed by atoms with E-state index in [2.05, 4.69) is 10.6 Å². The fourth-order valence-electron chi connectivity index (χ4n) is 1.22. The summed E-state index contributed by atoms with van der Waals surface area (Å²) in [4.78, 5) is 11.1. The van der Waals surface area contributed by atoms with Crippen LogP contribution in [0.2, 0.25) is 0 Å². The van der Waals surface area contributed by atoms with E-state index in [0.29, 0.717) is 13.1 Å². The third kappa shape index (κ3) is 3.73. The molecule has 1 atom stereocenters. The molecule has 1 rings (SSSR count). The van der Waals surface area contributed by atoms with Gasteiger partial charge >= 0.3 is 0 Å². The van der Waals surface area contributed by atoms with Gasteiger partial charge in [-0.15, -0.1) is 12.4 Å². The molecular formula is C7H14ClF2N3O. The van der Waals surface area contributed by atoms with Crippen molar-refractivity contribution in [3.63, 3.8) is 0 Å². The maximum atomic E-state index is 12.6. The standard InChI is InChI=1S/C7H13F2N3O.ClH/c8-7(9)3-5(12-4-7)6(13)11-2-1-10;/h5,12H,1-4,10H2,(H,11,13);1H. The van der Waals surface area contributed by atoms with Gasteiger partial charge in [0, 0.05) is 19.5 Å². The summed E-state index contributed by atoms with van der Waals surface area (Å²) in [5.74, 6) is -3.16. The largest absolute Gasteiger partial charge is 0.353 e. The Morgan fingerprint density at radius 3 is 2.71 bits per heavy atom. The van der Waals surface area contributed by atoms with Crippen molar-refractivity contribution in [1.82, 2.24) is 10.6 Å². The van der Waals surface area contributed by atoms with Gasteiger partial charge in [-0.25, -0.2) is 8.78 Å². The van der Waals surface area contributed by atoms with E-state index in [9.17, 15) is 13.6 Å². The number of nitrogens with two attached hydrogens (primary N) is 1. The summed E-state index contributed by atoms with van der Waals surface area (Å²) >= 11 is 0. The zero-order valence-electron chi connectivity index (χ0n) is 7.56. The first-order chi connectivity index (χ1) is 6.05. The summed E-state index contributed by atoms with van der Waals surface area (Å²) in [6.07, 6.45) is -0.427. The van der Waals surface area contributed by atoms with Gasteiger partial charge in [0.15, 0.2) is 0 Å². The molecule has 0 aromatic carbocycles. The van der Waals surface area contributed by atoms with Crippen molar-refractivity contribution in [3.8, 4) is 0 Å². The van der Waals surface area contributed by atoms with Crippen LogP contribution in [0.1, 0.15) is 6.42 Å². The van der Waals surface area contributed by atoms with E-state index in [0.717, 1.165) is 0 Å². The zero-order valence-corrected chi connectivity index (χ0v) is 8.37. The third-order valence-electron chi connectivity index (χ3n) is 1.87. The number of amides is 1. The maximum absolute atomic E-state index is 12.6. The molecule has 0 bridgehead atoms. The Morgan fingerprint density at radius 2 is 2.29 bits per heavy atom. The van der Waals surface area contributed by atoms with Crippen molar-refractivity contribution < 1.29 is 13.6 Å². The Hall–Kier alpha value is -0.460. The van der Waals surface area contributed by atoms with Gasteiger partial charge in [0.2, 0.25) is 5.91 Å². The second-order valence-corrected chi connectivity index (χ2v) is 3.07. The van der Waals surface area contributed by atoms with Crippen LogP contribution in [0, 0.1) is 0 Å². The predicted molar refractivity (Wildman–Crippen MR) is 50.7 cm³/mol. The minimum atomic E-state index is -2.76. The molecule has 1 fully saturated rings. The molecule has 1 aliphatic rings. The van der Waals surface area contributed by atoms with E-state index >= 15 is 0 Å². The number of nitrogens with one attached hydrogen (secondary N) is 2. The molecule has 0 aromatic rings. The van der Waals surface area contributed by atoms with Crippen molar-refractivity contribution in [2.24, 2.45) is 5.73 Å². The molecule has 0 spiro atoms. The molecule has 1 saturated heterocycles. The molecule has 0 aliphatic carbocycles. The number of halogens is 3. The summed E-state index contributed by atoms with van der Waals surface area (Å²) in [5, 5.41) is 4.90. The second kappa shape index (κ2) is 5.43. The Balaban J connectivity index is 0.00000169. The molecule has 14 heavy (non-hydrogen) atoms.